The van der Waals surface area contributed by atoms with Gasteiger partial charge in [-0.05, 0) is 24.6 Å². The van der Waals surface area contributed by atoms with Crippen LogP contribution in [0.5, 0.6) is 0 Å². The summed E-state index contributed by atoms with van der Waals surface area (Å²) >= 11 is 0. The summed E-state index contributed by atoms with van der Waals surface area (Å²) in [5.41, 5.74) is 6.67. The smallest absolute Gasteiger partial charge is 0.155 e. The third-order valence-corrected chi connectivity index (χ3v) is 4.89. The van der Waals surface area contributed by atoms with Crippen molar-refractivity contribution in [3.8, 4) is 0 Å². The zero-order valence-corrected chi connectivity index (χ0v) is 10.2. The van der Waals surface area contributed by atoms with Gasteiger partial charge in [-0.25, -0.2) is 8.42 Å². The average molecular weight is 243 g/mol. The molecule has 0 aromatic heterocycles. The third-order valence-electron chi connectivity index (χ3n) is 2.69. The van der Waals surface area contributed by atoms with Gasteiger partial charge in [-0.2, -0.15) is 0 Å². The molecular weight excluding hydrogens is 226 g/mol. The molecule has 0 amide bonds. The SMILES string of the molecule is CCS(=O)(=O)[C@@H](C)[C@@H](O)c1ccc(N)cc1. The number of anilines is 1. The van der Waals surface area contributed by atoms with Gasteiger partial charge >= 0.3 is 0 Å². The van der Waals surface area contributed by atoms with E-state index in [2.05, 4.69) is 0 Å². The van der Waals surface area contributed by atoms with Gasteiger partial charge in [0.25, 0.3) is 0 Å². The van der Waals surface area contributed by atoms with Crippen molar-refractivity contribution in [3.05, 3.63) is 29.8 Å². The van der Waals surface area contributed by atoms with E-state index in [1.54, 1.807) is 31.2 Å². The molecule has 3 N–H and O–H groups in total. The van der Waals surface area contributed by atoms with Crippen LogP contribution in [0.1, 0.15) is 25.5 Å². The summed E-state index contributed by atoms with van der Waals surface area (Å²) in [6, 6.07) is 6.57. The first-order valence-corrected chi connectivity index (χ1v) is 6.85. The zero-order valence-electron chi connectivity index (χ0n) is 9.42. The first-order chi connectivity index (χ1) is 7.38. The monoisotopic (exact) mass is 243 g/mol. The Morgan fingerprint density at radius 2 is 1.81 bits per heavy atom. The molecule has 0 aliphatic carbocycles. The zero-order chi connectivity index (χ0) is 12.3. The lowest BCUT2D eigenvalue weighted by Crippen LogP contribution is -2.26. The van der Waals surface area contributed by atoms with Crippen LogP contribution < -0.4 is 5.73 Å². The maximum Gasteiger partial charge on any atom is 0.155 e. The molecule has 1 aromatic rings. The Morgan fingerprint density at radius 1 is 1.31 bits per heavy atom. The molecule has 0 heterocycles. The van der Waals surface area contributed by atoms with Gasteiger partial charge in [0, 0.05) is 11.4 Å². The van der Waals surface area contributed by atoms with Gasteiger partial charge in [-0.3, -0.25) is 0 Å². The molecule has 0 aliphatic rings. The van der Waals surface area contributed by atoms with E-state index in [0.717, 1.165) is 0 Å². The largest absolute Gasteiger partial charge is 0.399 e. The number of nitrogens with two attached hydrogens (primary N) is 1. The molecule has 0 spiro atoms. The summed E-state index contributed by atoms with van der Waals surface area (Å²) in [5.74, 6) is 0.0280. The lowest BCUT2D eigenvalue weighted by atomic mass is 10.1. The molecule has 1 aromatic carbocycles. The predicted octanol–water partition coefficient (Wildman–Crippen LogP) is 1.13. The molecule has 0 fully saturated rings. The Balaban J connectivity index is 2.94. The lowest BCUT2D eigenvalue weighted by Gasteiger charge is -2.18. The van der Waals surface area contributed by atoms with Crippen molar-refractivity contribution in [2.45, 2.75) is 25.2 Å². The fourth-order valence-electron chi connectivity index (χ4n) is 1.42. The Hall–Kier alpha value is -1.07. The lowest BCUT2D eigenvalue weighted by molar-refractivity contribution is 0.176. The van der Waals surface area contributed by atoms with Gasteiger partial charge in [0.1, 0.15) is 0 Å². The fraction of sp³-hybridized carbons (Fsp3) is 0.455. The Bertz CT molecular complexity index is 439. The van der Waals surface area contributed by atoms with Crippen LogP contribution in [-0.2, 0) is 9.84 Å². The summed E-state index contributed by atoms with van der Waals surface area (Å²) in [7, 11) is -3.24. The number of hydrogen-bond donors (Lipinski definition) is 2. The third kappa shape index (κ3) is 2.74. The van der Waals surface area contributed by atoms with E-state index in [9.17, 15) is 13.5 Å². The number of rotatable bonds is 4. The standard InChI is InChI=1S/C11H17NO3S/c1-3-16(14,15)8(2)11(13)9-4-6-10(12)7-5-9/h4-8,11,13H,3,12H2,1-2H3/t8-,11+/m0/s1. The van der Waals surface area contributed by atoms with E-state index in [0.29, 0.717) is 11.3 Å². The highest BCUT2D eigenvalue weighted by Gasteiger charge is 2.27. The van der Waals surface area contributed by atoms with E-state index in [4.69, 9.17) is 5.73 Å². The summed E-state index contributed by atoms with van der Waals surface area (Å²) in [4.78, 5) is 0. The van der Waals surface area contributed by atoms with Gasteiger partial charge < -0.3 is 10.8 Å². The van der Waals surface area contributed by atoms with Crippen LogP contribution in [0.15, 0.2) is 24.3 Å². The number of nitrogen functional groups attached to an aromatic ring is 1. The summed E-state index contributed by atoms with van der Waals surface area (Å²) in [5, 5.41) is 9.12. The molecule has 0 bridgehead atoms. The molecule has 5 heteroatoms. The number of aliphatic hydroxyl groups is 1. The first-order valence-electron chi connectivity index (χ1n) is 5.13. The second kappa shape index (κ2) is 4.84. The minimum absolute atomic E-state index is 0.0280. The molecule has 0 aliphatic heterocycles. The van der Waals surface area contributed by atoms with Gasteiger partial charge in [0.05, 0.1) is 11.4 Å². The van der Waals surface area contributed by atoms with Gasteiger partial charge in [0.15, 0.2) is 9.84 Å². The van der Waals surface area contributed by atoms with Crippen LogP contribution in [-0.4, -0.2) is 24.5 Å². The highest BCUT2D eigenvalue weighted by molar-refractivity contribution is 7.92. The Labute approximate surface area is 96.0 Å². The second-order valence-corrected chi connectivity index (χ2v) is 6.41. The van der Waals surface area contributed by atoms with Crippen molar-refractivity contribution in [1.29, 1.82) is 0 Å². The van der Waals surface area contributed by atoms with E-state index in [1.165, 1.54) is 6.92 Å². The van der Waals surface area contributed by atoms with Crippen molar-refractivity contribution in [3.63, 3.8) is 0 Å². The van der Waals surface area contributed by atoms with Crippen molar-refractivity contribution in [1.82, 2.24) is 0 Å². The molecule has 0 unspecified atom stereocenters. The molecule has 0 saturated heterocycles. The number of aliphatic hydroxyl groups excluding tert-OH is 1. The van der Waals surface area contributed by atoms with Gasteiger partial charge in [0.2, 0.25) is 0 Å². The average Bonchev–Trinajstić information content (AvgIpc) is 2.28. The molecule has 4 nitrogen and oxygen atoms in total. The molecule has 16 heavy (non-hydrogen) atoms. The maximum absolute atomic E-state index is 11.6. The molecule has 0 radical (unpaired) electrons. The van der Waals surface area contributed by atoms with Gasteiger partial charge in [-0.1, -0.05) is 19.1 Å². The van der Waals surface area contributed by atoms with Crippen LogP contribution in [0.3, 0.4) is 0 Å². The number of benzene rings is 1. The van der Waals surface area contributed by atoms with Crippen LogP contribution in [0.2, 0.25) is 0 Å². The van der Waals surface area contributed by atoms with Gasteiger partial charge in [-0.15, -0.1) is 0 Å². The minimum atomic E-state index is -3.24. The van der Waals surface area contributed by atoms with Crippen molar-refractivity contribution >= 4 is 15.5 Å². The number of hydrogen-bond acceptors (Lipinski definition) is 4. The van der Waals surface area contributed by atoms with E-state index in [1.807, 2.05) is 0 Å². The number of sulfone groups is 1. The topological polar surface area (TPSA) is 80.4 Å². The summed E-state index contributed by atoms with van der Waals surface area (Å²) in [6.07, 6.45) is -1.01. The van der Waals surface area contributed by atoms with E-state index < -0.39 is 21.2 Å². The Kier molecular flexibility index (Phi) is 3.93. The highest BCUT2D eigenvalue weighted by atomic mass is 32.2. The van der Waals surface area contributed by atoms with Crippen LogP contribution >= 0.6 is 0 Å². The first kappa shape index (κ1) is 13.0. The fourth-order valence-corrected chi connectivity index (χ4v) is 2.50. The quantitative estimate of drug-likeness (QED) is 0.777. The van der Waals surface area contributed by atoms with Crippen LogP contribution in [0.4, 0.5) is 5.69 Å². The van der Waals surface area contributed by atoms with Crippen molar-refractivity contribution in [2.75, 3.05) is 11.5 Å². The van der Waals surface area contributed by atoms with Crippen molar-refractivity contribution in [2.24, 2.45) is 0 Å². The summed E-state index contributed by atoms with van der Waals surface area (Å²) in [6.45, 7) is 3.08. The molecule has 1 rings (SSSR count). The summed E-state index contributed by atoms with van der Waals surface area (Å²) < 4.78 is 23.2. The van der Waals surface area contributed by atoms with E-state index in [-0.39, 0.29) is 5.75 Å². The van der Waals surface area contributed by atoms with E-state index >= 15 is 0 Å². The molecular formula is C11H17NO3S. The normalized spacial score (nSPS) is 15.7. The Morgan fingerprint density at radius 3 is 2.25 bits per heavy atom. The second-order valence-electron chi connectivity index (χ2n) is 3.77. The molecule has 2 atom stereocenters. The predicted molar refractivity (Wildman–Crippen MR) is 64.7 cm³/mol. The molecule has 0 saturated carbocycles. The highest BCUT2D eigenvalue weighted by Crippen LogP contribution is 2.23. The maximum atomic E-state index is 11.6. The van der Waals surface area contributed by atoms with Crippen LogP contribution in [0, 0.1) is 0 Å². The van der Waals surface area contributed by atoms with Crippen molar-refractivity contribution < 1.29 is 13.5 Å². The molecule has 90 valence electrons. The van der Waals surface area contributed by atoms with Crippen LogP contribution in [0.25, 0.3) is 0 Å². The minimum Gasteiger partial charge on any atom is -0.399 e.